The monoisotopic (exact) mass is 300 g/mol. The van der Waals surface area contributed by atoms with Gasteiger partial charge in [-0.05, 0) is 51.4 Å². The van der Waals surface area contributed by atoms with Crippen LogP contribution in [0, 0.1) is 0 Å². The van der Waals surface area contributed by atoms with Crippen LogP contribution >= 0.6 is 0 Å². The lowest BCUT2D eigenvalue weighted by Gasteiger charge is -2.34. The Kier molecular flexibility index (Phi) is 3.81. The van der Waals surface area contributed by atoms with E-state index in [4.69, 9.17) is 0 Å². The van der Waals surface area contributed by atoms with Crippen LogP contribution in [0.5, 0.6) is 0 Å². The molecule has 1 aromatic carbocycles. The Bertz CT molecular complexity index is 611. The Morgan fingerprint density at radius 1 is 1.27 bits per heavy atom. The van der Waals surface area contributed by atoms with Crippen LogP contribution in [-0.4, -0.2) is 48.3 Å². The van der Waals surface area contributed by atoms with E-state index in [2.05, 4.69) is 6.07 Å². The van der Waals surface area contributed by atoms with E-state index >= 15 is 0 Å². The largest absolute Gasteiger partial charge is 0.307 e. The van der Waals surface area contributed by atoms with Crippen LogP contribution < -0.4 is 0 Å². The van der Waals surface area contributed by atoms with Crippen molar-refractivity contribution in [2.45, 2.75) is 44.1 Å². The lowest BCUT2D eigenvalue weighted by atomic mass is 9.69. The molecule has 1 spiro atoms. The first-order valence-electron chi connectivity index (χ1n) is 8.05. The summed E-state index contributed by atoms with van der Waals surface area (Å²) in [7, 11) is 3.93. The number of hydrogen-bond acceptors (Lipinski definition) is 3. The number of aryl methyl sites for hydroxylation is 1. The minimum atomic E-state index is -0.605. The molecule has 4 heteroatoms. The van der Waals surface area contributed by atoms with Crippen LogP contribution in [-0.2, 0) is 21.4 Å². The summed E-state index contributed by atoms with van der Waals surface area (Å²) >= 11 is 0. The van der Waals surface area contributed by atoms with Crippen molar-refractivity contribution in [1.82, 2.24) is 9.80 Å². The summed E-state index contributed by atoms with van der Waals surface area (Å²) in [4.78, 5) is 29.3. The number of carbonyl (C=O) groups excluding carboxylic acids is 2. The van der Waals surface area contributed by atoms with Gasteiger partial charge in [0.15, 0.2) is 0 Å². The second-order valence-corrected chi connectivity index (χ2v) is 6.95. The molecule has 118 valence electrons. The lowest BCUT2D eigenvalue weighted by molar-refractivity contribution is -0.142. The molecule has 0 N–H and O–H groups in total. The highest BCUT2D eigenvalue weighted by Gasteiger charge is 2.54. The zero-order valence-corrected chi connectivity index (χ0v) is 13.6. The van der Waals surface area contributed by atoms with Gasteiger partial charge in [-0.15, -0.1) is 0 Å². The molecule has 0 unspecified atom stereocenters. The third kappa shape index (κ3) is 2.26. The Hall–Kier alpha value is -1.68. The fourth-order valence-electron chi connectivity index (χ4n) is 4.15. The predicted octanol–water partition coefficient (Wildman–Crippen LogP) is 1.97. The number of nitrogens with zero attached hydrogens (tertiary/aromatic N) is 2. The number of amides is 2. The lowest BCUT2D eigenvalue weighted by Crippen LogP contribution is -2.47. The van der Waals surface area contributed by atoms with Gasteiger partial charge in [-0.2, -0.15) is 0 Å². The molecule has 2 atom stereocenters. The highest BCUT2D eigenvalue weighted by atomic mass is 16.2. The topological polar surface area (TPSA) is 40.6 Å². The Balaban J connectivity index is 1.98. The summed E-state index contributed by atoms with van der Waals surface area (Å²) < 4.78 is 0. The van der Waals surface area contributed by atoms with Gasteiger partial charge in [0.1, 0.15) is 0 Å². The van der Waals surface area contributed by atoms with Crippen LogP contribution in [0.2, 0.25) is 0 Å². The van der Waals surface area contributed by atoms with Crippen molar-refractivity contribution in [3.63, 3.8) is 0 Å². The first-order valence-corrected chi connectivity index (χ1v) is 8.05. The number of rotatable bonds is 3. The number of carbonyl (C=O) groups is 2. The summed E-state index contributed by atoms with van der Waals surface area (Å²) in [5.74, 6) is -0.00458. The zero-order valence-electron chi connectivity index (χ0n) is 13.6. The standard InChI is InChI=1S/C18H24N2O2/c1-13(12-19(2)3)20-16(21)11-18(17(20)22)10-6-8-14-7-4-5-9-15(14)18/h4-5,7,9,13H,6,8,10-12H2,1-3H3/t13-,18+/m1/s1. The zero-order chi connectivity index (χ0) is 15.9. The second kappa shape index (κ2) is 5.51. The van der Waals surface area contributed by atoms with E-state index in [-0.39, 0.29) is 17.9 Å². The average Bonchev–Trinajstić information content (AvgIpc) is 2.70. The molecule has 2 aliphatic rings. The first-order chi connectivity index (χ1) is 10.5. The van der Waals surface area contributed by atoms with Gasteiger partial charge < -0.3 is 4.90 Å². The molecule has 1 aliphatic heterocycles. The van der Waals surface area contributed by atoms with Crippen molar-refractivity contribution in [2.75, 3.05) is 20.6 Å². The fourth-order valence-corrected chi connectivity index (χ4v) is 4.15. The van der Waals surface area contributed by atoms with E-state index in [1.807, 2.05) is 44.1 Å². The van der Waals surface area contributed by atoms with Crippen molar-refractivity contribution in [2.24, 2.45) is 0 Å². The summed E-state index contributed by atoms with van der Waals surface area (Å²) in [5, 5.41) is 0. The SMILES string of the molecule is C[C@H](CN(C)C)N1C(=O)C[C@]2(CCCc3ccccc32)C1=O. The van der Waals surface area contributed by atoms with E-state index in [0.29, 0.717) is 13.0 Å². The molecule has 0 aromatic heterocycles. The van der Waals surface area contributed by atoms with E-state index in [0.717, 1.165) is 24.8 Å². The van der Waals surface area contributed by atoms with Crippen molar-refractivity contribution in [3.05, 3.63) is 35.4 Å². The van der Waals surface area contributed by atoms with Crippen molar-refractivity contribution < 1.29 is 9.59 Å². The second-order valence-electron chi connectivity index (χ2n) is 6.95. The van der Waals surface area contributed by atoms with Gasteiger partial charge in [0.25, 0.3) is 0 Å². The predicted molar refractivity (Wildman–Crippen MR) is 85.5 cm³/mol. The molecule has 1 fully saturated rings. The van der Waals surface area contributed by atoms with E-state index in [1.54, 1.807) is 0 Å². The molecule has 2 amide bonds. The van der Waals surface area contributed by atoms with Crippen LogP contribution in [0.1, 0.15) is 37.3 Å². The third-order valence-corrected chi connectivity index (χ3v) is 5.00. The maximum atomic E-state index is 13.2. The molecular weight excluding hydrogens is 276 g/mol. The normalized spacial score (nSPS) is 25.9. The number of hydrogen-bond donors (Lipinski definition) is 0. The Labute approximate surface area is 132 Å². The van der Waals surface area contributed by atoms with E-state index in [9.17, 15) is 9.59 Å². The molecule has 1 saturated heterocycles. The van der Waals surface area contributed by atoms with Gasteiger partial charge >= 0.3 is 0 Å². The molecule has 22 heavy (non-hydrogen) atoms. The van der Waals surface area contributed by atoms with Crippen LogP contribution in [0.3, 0.4) is 0 Å². The number of fused-ring (bicyclic) bond motifs is 2. The van der Waals surface area contributed by atoms with Gasteiger partial charge in [-0.3, -0.25) is 14.5 Å². The molecule has 4 nitrogen and oxygen atoms in total. The van der Waals surface area contributed by atoms with Gasteiger partial charge in [-0.25, -0.2) is 0 Å². The molecule has 1 aromatic rings. The Morgan fingerprint density at radius 3 is 2.73 bits per heavy atom. The number of imide groups is 1. The summed E-state index contributed by atoms with van der Waals surface area (Å²) in [5.41, 5.74) is 1.71. The molecule has 1 aliphatic carbocycles. The van der Waals surface area contributed by atoms with Gasteiger partial charge in [-0.1, -0.05) is 24.3 Å². The quantitative estimate of drug-likeness (QED) is 0.801. The maximum absolute atomic E-state index is 13.2. The molecule has 0 radical (unpaired) electrons. The van der Waals surface area contributed by atoms with Gasteiger partial charge in [0.05, 0.1) is 5.41 Å². The smallest absolute Gasteiger partial charge is 0.240 e. The highest BCUT2D eigenvalue weighted by molar-refractivity contribution is 6.09. The van der Waals surface area contributed by atoms with E-state index < -0.39 is 5.41 Å². The summed E-state index contributed by atoms with van der Waals surface area (Å²) in [6, 6.07) is 8.06. The summed E-state index contributed by atoms with van der Waals surface area (Å²) in [6.07, 6.45) is 3.11. The van der Waals surface area contributed by atoms with Crippen LogP contribution in [0.15, 0.2) is 24.3 Å². The minimum Gasteiger partial charge on any atom is -0.307 e. The molecule has 3 rings (SSSR count). The van der Waals surface area contributed by atoms with Crippen LogP contribution in [0.4, 0.5) is 0 Å². The highest BCUT2D eigenvalue weighted by Crippen LogP contribution is 2.45. The molecule has 0 bridgehead atoms. The number of likely N-dealkylation sites (N-methyl/N-ethyl adjacent to an activating group) is 1. The van der Waals surface area contributed by atoms with Crippen molar-refractivity contribution >= 4 is 11.8 Å². The Morgan fingerprint density at radius 2 is 2.00 bits per heavy atom. The minimum absolute atomic E-state index is 0.0130. The molecular formula is C18H24N2O2. The van der Waals surface area contributed by atoms with Gasteiger partial charge in [0.2, 0.25) is 11.8 Å². The van der Waals surface area contributed by atoms with Crippen LogP contribution in [0.25, 0.3) is 0 Å². The number of likely N-dealkylation sites (tertiary alicyclic amines) is 1. The van der Waals surface area contributed by atoms with Gasteiger partial charge in [0, 0.05) is 19.0 Å². The number of benzene rings is 1. The third-order valence-electron chi connectivity index (χ3n) is 5.00. The van der Waals surface area contributed by atoms with Crippen molar-refractivity contribution in [3.8, 4) is 0 Å². The summed E-state index contributed by atoms with van der Waals surface area (Å²) in [6.45, 7) is 2.67. The maximum Gasteiger partial charge on any atom is 0.240 e. The van der Waals surface area contributed by atoms with E-state index in [1.165, 1.54) is 10.5 Å². The first kappa shape index (κ1) is 15.2. The fraction of sp³-hybridized carbons (Fsp3) is 0.556. The average molecular weight is 300 g/mol. The molecule has 0 saturated carbocycles. The van der Waals surface area contributed by atoms with Crippen molar-refractivity contribution in [1.29, 1.82) is 0 Å². The molecule has 1 heterocycles.